The van der Waals surface area contributed by atoms with Crippen LogP contribution in [0.1, 0.15) is 70.4 Å². The number of aromatic hydroxyl groups is 1. The van der Waals surface area contributed by atoms with Gasteiger partial charge in [-0.25, -0.2) is 5.43 Å². The molecule has 55 heavy (non-hydrogen) atoms. The minimum Gasteiger partial charge on any atom is -0.508 e. The third-order valence-electron chi connectivity index (χ3n) is 12.4. The first kappa shape index (κ1) is 37.6. The van der Waals surface area contributed by atoms with Crippen LogP contribution < -0.4 is 10.7 Å². The van der Waals surface area contributed by atoms with Gasteiger partial charge in [-0.1, -0.05) is 26.0 Å². The van der Waals surface area contributed by atoms with Crippen LogP contribution in [0, 0.1) is 23.2 Å². The van der Waals surface area contributed by atoms with Gasteiger partial charge in [-0.3, -0.25) is 19.6 Å². The Labute approximate surface area is 323 Å². The molecule has 6 bridgehead atoms. The van der Waals surface area contributed by atoms with Crippen LogP contribution in [0.25, 0.3) is 33.3 Å². The average Bonchev–Trinajstić information content (AvgIpc) is 3.50. The van der Waals surface area contributed by atoms with Crippen LogP contribution in [0.4, 0.5) is 0 Å². The summed E-state index contributed by atoms with van der Waals surface area (Å²) in [5, 5.41) is 17.6. The SMILES string of the molecule is CCn1c(-c2cccnc2[C@H](C)OC)c2c3cc(ccc31)-c1cc(O)cc(c1)C[C@H](N[C@H](C)C1[C@H]3COC[C@@H]13)C(=O)N1CCC[C@H](N1)C(=O)OCC(C)(C)C2. The van der Waals surface area contributed by atoms with Gasteiger partial charge in [0.2, 0.25) is 0 Å². The lowest BCUT2D eigenvalue weighted by Crippen LogP contribution is -2.61. The number of esters is 1. The molecule has 11 heteroatoms. The Balaban J connectivity index is 1.26. The summed E-state index contributed by atoms with van der Waals surface area (Å²) >= 11 is 0. The highest BCUT2D eigenvalue weighted by Gasteiger charge is 2.56. The van der Waals surface area contributed by atoms with E-state index >= 15 is 0 Å². The smallest absolute Gasteiger partial charge is 0.324 e. The molecule has 2 aromatic heterocycles. The molecule has 3 aliphatic heterocycles. The van der Waals surface area contributed by atoms with E-state index in [2.05, 4.69) is 73.3 Å². The maximum Gasteiger partial charge on any atom is 0.324 e. The second-order valence-corrected chi connectivity index (χ2v) is 16.9. The number of cyclic esters (lactones) is 1. The largest absolute Gasteiger partial charge is 0.508 e. The van der Waals surface area contributed by atoms with E-state index in [4.69, 9.17) is 19.2 Å². The number of rotatable bonds is 7. The molecule has 1 unspecified atom stereocenters. The minimum atomic E-state index is -0.633. The van der Waals surface area contributed by atoms with E-state index in [1.807, 2.05) is 19.2 Å². The first-order valence-electron chi connectivity index (χ1n) is 20.0. The maximum atomic E-state index is 14.4. The van der Waals surface area contributed by atoms with Gasteiger partial charge < -0.3 is 29.2 Å². The molecular weight excluding hydrogens is 695 g/mol. The van der Waals surface area contributed by atoms with Gasteiger partial charge in [0.25, 0.3) is 5.91 Å². The Morgan fingerprint density at radius 3 is 2.65 bits per heavy atom. The molecule has 292 valence electrons. The highest BCUT2D eigenvalue weighted by molar-refractivity contribution is 5.95. The lowest BCUT2D eigenvalue weighted by molar-refractivity contribution is -0.155. The van der Waals surface area contributed by atoms with E-state index in [0.29, 0.717) is 50.0 Å². The van der Waals surface area contributed by atoms with Crippen LogP contribution in [0.15, 0.2) is 54.7 Å². The number of aryl methyl sites for hydroxylation is 1. The standard InChI is InChI=1S/C44H55N5O6/c1-7-48-38-13-12-28-20-32(38)33(41(48)31-10-8-14-45-40(31)26(3)53-6)21-44(4,5)24-55-43(52)36-11-9-15-49(47-36)42(51)37(18-27-16-29(28)19-30(50)17-27)46-25(2)39-34-22-54-23-35(34)39/h8,10,12-14,16-17,19-20,25-26,34-37,39,46-47,50H,7,9,11,15,18,21-24H2,1-6H3/t25-,26+,34-,35+,36+,37+,39?/m1/s1. The van der Waals surface area contributed by atoms with Crippen LogP contribution in [-0.4, -0.2) is 83.1 Å². The second-order valence-electron chi connectivity index (χ2n) is 16.9. The zero-order chi connectivity index (χ0) is 38.6. The van der Waals surface area contributed by atoms with E-state index in [0.717, 1.165) is 69.9 Å². The lowest BCUT2D eigenvalue weighted by Gasteiger charge is -2.36. The first-order valence-corrected chi connectivity index (χ1v) is 20.0. The number of fused-ring (bicyclic) bond motifs is 7. The van der Waals surface area contributed by atoms with E-state index in [9.17, 15) is 14.7 Å². The van der Waals surface area contributed by atoms with Crippen LogP contribution in [0.5, 0.6) is 5.75 Å². The molecule has 7 atom stereocenters. The summed E-state index contributed by atoms with van der Waals surface area (Å²) < 4.78 is 19.9. The average molecular weight is 750 g/mol. The Hall–Kier alpha value is -4.29. The van der Waals surface area contributed by atoms with Crippen molar-refractivity contribution in [1.29, 1.82) is 0 Å². The van der Waals surface area contributed by atoms with Crippen molar-refractivity contribution in [2.45, 2.75) is 91.1 Å². The number of benzene rings is 2. The summed E-state index contributed by atoms with van der Waals surface area (Å²) in [5.41, 5.74) is 10.7. The van der Waals surface area contributed by atoms with Crippen molar-refractivity contribution in [3.05, 3.63) is 71.5 Å². The third kappa shape index (κ3) is 7.28. The summed E-state index contributed by atoms with van der Waals surface area (Å²) in [5.74, 6) is 1.19. The Morgan fingerprint density at radius 2 is 1.89 bits per heavy atom. The monoisotopic (exact) mass is 749 g/mol. The van der Waals surface area contributed by atoms with E-state index in [1.165, 1.54) is 0 Å². The highest BCUT2D eigenvalue weighted by atomic mass is 16.5. The van der Waals surface area contributed by atoms with Crippen molar-refractivity contribution in [3.8, 4) is 28.1 Å². The van der Waals surface area contributed by atoms with Gasteiger partial charge in [-0.05, 0) is 123 Å². The molecule has 2 saturated heterocycles. The molecule has 3 fully saturated rings. The number of hydrogen-bond acceptors (Lipinski definition) is 9. The molecule has 4 aromatic rings. The number of carbonyl (C=O) groups excluding carboxylic acids is 2. The summed E-state index contributed by atoms with van der Waals surface area (Å²) in [7, 11) is 1.70. The normalized spacial score (nSPS) is 26.3. The lowest BCUT2D eigenvalue weighted by atomic mass is 9.84. The number of methoxy groups -OCH3 is 1. The van der Waals surface area contributed by atoms with E-state index in [-0.39, 0.29) is 36.4 Å². The van der Waals surface area contributed by atoms with Gasteiger partial charge in [0, 0.05) is 54.3 Å². The summed E-state index contributed by atoms with van der Waals surface area (Å²) in [6, 6.07) is 15.1. The molecule has 3 N–H and O–H groups in total. The fourth-order valence-electron chi connectivity index (χ4n) is 9.54. The van der Waals surface area contributed by atoms with Gasteiger partial charge in [0.15, 0.2) is 0 Å². The zero-order valence-corrected chi connectivity index (χ0v) is 32.9. The van der Waals surface area contributed by atoms with E-state index in [1.54, 1.807) is 24.3 Å². The molecule has 1 aliphatic carbocycles. The van der Waals surface area contributed by atoms with Crippen molar-refractivity contribution in [2.24, 2.45) is 23.2 Å². The molecule has 4 aliphatic rings. The molecule has 1 amide bonds. The first-order chi connectivity index (χ1) is 26.5. The van der Waals surface area contributed by atoms with Crippen LogP contribution >= 0.6 is 0 Å². The molecule has 5 heterocycles. The van der Waals surface area contributed by atoms with E-state index < -0.39 is 17.5 Å². The number of hydrogen-bond donors (Lipinski definition) is 3. The predicted molar refractivity (Wildman–Crippen MR) is 211 cm³/mol. The van der Waals surface area contributed by atoms with Crippen LogP contribution in [-0.2, 0) is 43.2 Å². The molecule has 1 saturated carbocycles. The summed E-state index contributed by atoms with van der Waals surface area (Å²) in [6.07, 6.45) is 3.83. The van der Waals surface area contributed by atoms with Gasteiger partial charge in [0.05, 0.1) is 43.4 Å². The number of amides is 1. The number of phenolic OH excluding ortho intramolecular Hbond substituents is 1. The van der Waals surface area contributed by atoms with Crippen molar-refractivity contribution < 1.29 is 28.9 Å². The van der Waals surface area contributed by atoms with Crippen molar-refractivity contribution in [1.82, 2.24) is 25.3 Å². The summed E-state index contributed by atoms with van der Waals surface area (Å²) in [6.45, 7) is 13.6. The zero-order valence-electron chi connectivity index (χ0n) is 32.9. The van der Waals surface area contributed by atoms with Gasteiger partial charge in [-0.15, -0.1) is 0 Å². The van der Waals surface area contributed by atoms with Crippen molar-refractivity contribution in [2.75, 3.05) is 33.5 Å². The molecular formula is C44H55N5O6. The number of aromatic nitrogens is 2. The minimum absolute atomic E-state index is 0.0973. The number of nitrogens with one attached hydrogen (secondary N) is 2. The predicted octanol–water partition coefficient (Wildman–Crippen LogP) is 6.21. The fourth-order valence-corrected chi connectivity index (χ4v) is 9.54. The number of hydrazine groups is 1. The number of pyridine rings is 1. The van der Waals surface area contributed by atoms with Gasteiger partial charge in [0.1, 0.15) is 11.8 Å². The molecule has 0 radical (unpaired) electrons. The highest BCUT2D eigenvalue weighted by Crippen LogP contribution is 2.52. The molecule has 2 aromatic carbocycles. The second kappa shape index (κ2) is 15.0. The van der Waals surface area contributed by atoms with Crippen molar-refractivity contribution >= 4 is 22.8 Å². The Bertz CT molecular complexity index is 2080. The number of ether oxygens (including phenoxy) is 3. The topological polar surface area (TPSA) is 127 Å². The molecule has 0 spiro atoms. The quantitative estimate of drug-likeness (QED) is 0.189. The third-order valence-corrected chi connectivity index (χ3v) is 12.4. The Morgan fingerprint density at radius 1 is 1.09 bits per heavy atom. The number of phenols is 1. The van der Waals surface area contributed by atoms with Crippen LogP contribution in [0.3, 0.4) is 0 Å². The maximum absolute atomic E-state index is 14.4. The summed E-state index contributed by atoms with van der Waals surface area (Å²) in [4.78, 5) is 33.0. The van der Waals surface area contributed by atoms with Crippen molar-refractivity contribution in [3.63, 3.8) is 0 Å². The van der Waals surface area contributed by atoms with Crippen LogP contribution in [0.2, 0.25) is 0 Å². The van der Waals surface area contributed by atoms with Gasteiger partial charge >= 0.3 is 5.97 Å². The molecule has 11 nitrogen and oxygen atoms in total. The Kier molecular flexibility index (Phi) is 10.3. The number of nitrogens with zero attached hydrogens (tertiary/aromatic N) is 3. The molecule has 8 rings (SSSR count). The van der Waals surface area contributed by atoms with Gasteiger partial charge in [-0.2, -0.15) is 0 Å². The fraction of sp³-hybridized carbons (Fsp3) is 0.523. The number of carbonyl (C=O) groups is 2.